The number of nitrogens with zero attached hydrogens (tertiary/aromatic N) is 1. The van der Waals surface area contributed by atoms with Gasteiger partial charge in [-0.15, -0.1) is 0 Å². The highest BCUT2D eigenvalue weighted by atomic mass is 16.1. The lowest BCUT2D eigenvalue weighted by atomic mass is 10.1. The predicted octanol–water partition coefficient (Wildman–Crippen LogP) is 3.27. The van der Waals surface area contributed by atoms with E-state index in [1.807, 2.05) is 30.3 Å². The second-order valence-electron chi connectivity index (χ2n) is 5.04. The third kappa shape index (κ3) is 2.84. The first-order valence-corrected chi connectivity index (χ1v) is 6.04. The Bertz CT molecular complexity index is 515. The molecule has 0 saturated carbocycles. The molecule has 0 aliphatic heterocycles. The predicted molar refractivity (Wildman–Crippen MR) is 75.6 cm³/mol. The number of quaternary nitrogens is 1. The monoisotopic (exact) mass is 240 g/mol. The number of rotatable bonds is 4. The standard InChI is InChI=1S/C16H18NO/c1-17(2,12-14-6-4-3-5-7-14)16-10-8-15(13-18)9-11-16/h3-11,13H,12H2,1-2H3/q+1. The smallest absolute Gasteiger partial charge is 0.150 e. The Labute approximate surface area is 108 Å². The van der Waals surface area contributed by atoms with Crippen molar-refractivity contribution in [3.63, 3.8) is 0 Å². The third-order valence-corrected chi connectivity index (χ3v) is 3.15. The van der Waals surface area contributed by atoms with E-state index in [-0.39, 0.29) is 0 Å². The topological polar surface area (TPSA) is 17.1 Å². The average Bonchev–Trinajstić information content (AvgIpc) is 2.39. The van der Waals surface area contributed by atoms with Crippen LogP contribution in [0.4, 0.5) is 5.69 Å². The molecule has 0 radical (unpaired) electrons. The number of carbonyl (C=O) groups is 1. The van der Waals surface area contributed by atoms with Crippen molar-refractivity contribution in [1.29, 1.82) is 0 Å². The van der Waals surface area contributed by atoms with Gasteiger partial charge in [0.05, 0.1) is 14.1 Å². The van der Waals surface area contributed by atoms with E-state index in [1.54, 1.807) is 0 Å². The van der Waals surface area contributed by atoms with Crippen LogP contribution < -0.4 is 4.48 Å². The van der Waals surface area contributed by atoms with Crippen LogP contribution in [0.1, 0.15) is 15.9 Å². The Morgan fingerprint density at radius 1 is 0.944 bits per heavy atom. The summed E-state index contributed by atoms with van der Waals surface area (Å²) in [5, 5.41) is 0. The molecule has 0 aromatic heterocycles. The fraction of sp³-hybridized carbons (Fsp3) is 0.188. The molecular formula is C16H18NO+. The minimum atomic E-state index is 0.721. The molecule has 0 bridgehead atoms. The molecule has 0 aliphatic carbocycles. The number of hydrogen-bond donors (Lipinski definition) is 0. The van der Waals surface area contributed by atoms with Crippen LogP contribution in [0.2, 0.25) is 0 Å². The van der Waals surface area contributed by atoms with Gasteiger partial charge in [0.15, 0.2) is 0 Å². The first-order valence-electron chi connectivity index (χ1n) is 6.04. The highest BCUT2D eigenvalue weighted by Crippen LogP contribution is 2.22. The molecule has 0 fully saturated rings. The SMILES string of the molecule is C[N+](C)(Cc1ccccc1)c1ccc(C=O)cc1. The van der Waals surface area contributed by atoms with E-state index in [0.29, 0.717) is 0 Å². The van der Waals surface area contributed by atoms with Crippen LogP contribution in [0.5, 0.6) is 0 Å². The van der Waals surface area contributed by atoms with E-state index >= 15 is 0 Å². The Morgan fingerprint density at radius 3 is 2.11 bits per heavy atom. The number of hydrogen-bond acceptors (Lipinski definition) is 1. The Kier molecular flexibility index (Phi) is 3.58. The Morgan fingerprint density at radius 2 is 1.56 bits per heavy atom. The van der Waals surface area contributed by atoms with Crippen LogP contribution in [0, 0.1) is 0 Å². The molecule has 2 nitrogen and oxygen atoms in total. The second-order valence-corrected chi connectivity index (χ2v) is 5.04. The maximum absolute atomic E-state index is 10.7. The average molecular weight is 240 g/mol. The summed E-state index contributed by atoms with van der Waals surface area (Å²) in [5.41, 5.74) is 3.23. The van der Waals surface area contributed by atoms with Gasteiger partial charge >= 0.3 is 0 Å². The fourth-order valence-electron chi connectivity index (χ4n) is 2.09. The zero-order chi connectivity index (χ0) is 13.0. The molecular weight excluding hydrogens is 222 g/mol. The quantitative estimate of drug-likeness (QED) is 0.592. The Balaban J connectivity index is 2.21. The molecule has 92 valence electrons. The van der Waals surface area contributed by atoms with Gasteiger partial charge in [0.1, 0.15) is 18.5 Å². The van der Waals surface area contributed by atoms with Gasteiger partial charge in [-0.2, -0.15) is 0 Å². The van der Waals surface area contributed by atoms with Crippen LogP contribution in [0.15, 0.2) is 54.6 Å². The van der Waals surface area contributed by atoms with Crippen molar-refractivity contribution in [1.82, 2.24) is 4.48 Å². The van der Waals surface area contributed by atoms with Crippen LogP contribution >= 0.6 is 0 Å². The van der Waals surface area contributed by atoms with Crippen LogP contribution in [0.25, 0.3) is 0 Å². The first kappa shape index (κ1) is 12.5. The Hall–Kier alpha value is -1.93. The molecule has 0 unspecified atom stereocenters. The van der Waals surface area contributed by atoms with Crippen molar-refractivity contribution in [2.45, 2.75) is 6.54 Å². The summed E-state index contributed by atoms with van der Waals surface area (Å²) in [6, 6.07) is 18.2. The summed E-state index contributed by atoms with van der Waals surface area (Å²) in [6.07, 6.45) is 0.876. The molecule has 0 aliphatic rings. The lowest BCUT2D eigenvalue weighted by molar-refractivity contribution is 0.112. The molecule has 2 heteroatoms. The van der Waals surface area contributed by atoms with E-state index in [4.69, 9.17) is 0 Å². The van der Waals surface area contributed by atoms with Crippen molar-refractivity contribution in [2.75, 3.05) is 14.1 Å². The summed E-state index contributed by atoms with van der Waals surface area (Å²) >= 11 is 0. The normalized spacial score (nSPS) is 11.2. The maximum Gasteiger partial charge on any atom is 0.150 e. The van der Waals surface area contributed by atoms with Gasteiger partial charge in [-0.25, -0.2) is 0 Å². The second kappa shape index (κ2) is 5.15. The summed E-state index contributed by atoms with van der Waals surface area (Å²) in [7, 11) is 4.34. The van der Waals surface area contributed by atoms with Gasteiger partial charge in [-0.1, -0.05) is 30.3 Å². The molecule has 0 N–H and O–H groups in total. The highest BCUT2D eigenvalue weighted by molar-refractivity contribution is 5.75. The van der Waals surface area contributed by atoms with Gasteiger partial charge in [-0.05, 0) is 24.3 Å². The summed E-state index contributed by atoms with van der Waals surface area (Å²) in [4.78, 5) is 10.7. The summed E-state index contributed by atoms with van der Waals surface area (Å²) in [6.45, 7) is 0.932. The van der Waals surface area contributed by atoms with Gasteiger partial charge in [0.25, 0.3) is 0 Å². The molecule has 0 heterocycles. The third-order valence-electron chi connectivity index (χ3n) is 3.15. The molecule has 0 atom stereocenters. The minimum absolute atomic E-state index is 0.721. The largest absolute Gasteiger partial charge is 0.298 e. The van der Waals surface area contributed by atoms with E-state index in [2.05, 4.69) is 38.4 Å². The highest BCUT2D eigenvalue weighted by Gasteiger charge is 2.19. The van der Waals surface area contributed by atoms with E-state index < -0.39 is 0 Å². The van der Waals surface area contributed by atoms with Crippen molar-refractivity contribution >= 4 is 12.0 Å². The molecule has 0 saturated heterocycles. The molecule has 2 aromatic carbocycles. The van der Waals surface area contributed by atoms with E-state index in [1.165, 1.54) is 11.3 Å². The van der Waals surface area contributed by atoms with Gasteiger partial charge in [0, 0.05) is 11.1 Å². The van der Waals surface area contributed by atoms with Crippen LogP contribution in [-0.4, -0.2) is 20.4 Å². The van der Waals surface area contributed by atoms with Crippen LogP contribution in [-0.2, 0) is 6.54 Å². The zero-order valence-corrected chi connectivity index (χ0v) is 10.8. The van der Waals surface area contributed by atoms with Gasteiger partial charge < -0.3 is 0 Å². The lowest BCUT2D eigenvalue weighted by Gasteiger charge is -2.29. The summed E-state index contributed by atoms with van der Waals surface area (Å²) in [5.74, 6) is 0. The van der Waals surface area contributed by atoms with Crippen molar-refractivity contribution < 1.29 is 4.79 Å². The molecule has 18 heavy (non-hydrogen) atoms. The lowest BCUT2D eigenvalue weighted by Crippen LogP contribution is -2.39. The van der Waals surface area contributed by atoms with E-state index in [9.17, 15) is 4.79 Å². The number of benzene rings is 2. The van der Waals surface area contributed by atoms with Crippen molar-refractivity contribution in [3.05, 3.63) is 65.7 Å². The number of aldehydes is 1. The minimum Gasteiger partial charge on any atom is -0.298 e. The molecule has 2 rings (SSSR count). The molecule has 2 aromatic rings. The number of carbonyl (C=O) groups excluding carboxylic acids is 1. The summed E-state index contributed by atoms with van der Waals surface area (Å²) < 4.78 is 0.767. The van der Waals surface area contributed by atoms with E-state index in [0.717, 1.165) is 22.9 Å². The van der Waals surface area contributed by atoms with Gasteiger partial charge in [0.2, 0.25) is 0 Å². The molecule has 0 spiro atoms. The molecule has 0 amide bonds. The van der Waals surface area contributed by atoms with Gasteiger partial charge in [-0.3, -0.25) is 9.28 Å². The fourth-order valence-corrected chi connectivity index (χ4v) is 2.09. The van der Waals surface area contributed by atoms with Crippen molar-refractivity contribution in [2.24, 2.45) is 0 Å². The zero-order valence-electron chi connectivity index (χ0n) is 10.8. The maximum atomic E-state index is 10.7. The first-order chi connectivity index (χ1) is 8.62. The van der Waals surface area contributed by atoms with Crippen molar-refractivity contribution in [3.8, 4) is 0 Å². The van der Waals surface area contributed by atoms with Crippen LogP contribution in [0.3, 0.4) is 0 Å².